The molecule has 0 aromatic rings. The molecule has 0 aliphatic rings. The largest absolute Gasteiger partial charge is 0.234 e. The number of sulfonamides is 1. The van der Waals surface area contributed by atoms with Gasteiger partial charge in [0.25, 0.3) is 0 Å². The van der Waals surface area contributed by atoms with Crippen LogP contribution in [-0.4, -0.2) is 44.2 Å². The van der Waals surface area contributed by atoms with Crippen LogP contribution in [0.25, 0.3) is 0 Å². The van der Waals surface area contributed by atoms with E-state index in [4.69, 9.17) is 0 Å². The van der Waals surface area contributed by atoms with Crippen LogP contribution in [0.2, 0.25) is 0 Å². The second-order valence-electron chi connectivity index (χ2n) is 2.98. The van der Waals surface area contributed by atoms with E-state index < -0.39 is 10.0 Å². The minimum Gasteiger partial charge on any atom is -0.234 e. The average Bonchev–Trinajstić information content (AvgIpc) is 1.54. The molecule has 68 valence electrons. The van der Waals surface area contributed by atoms with Crippen LogP contribution in [-0.2, 0) is 10.0 Å². The Balaban J connectivity index is 4.64. The van der Waals surface area contributed by atoms with Crippen LogP contribution in [0.4, 0.5) is 0 Å². The van der Waals surface area contributed by atoms with E-state index in [0.717, 1.165) is 0 Å². The maximum absolute atomic E-state index is 11.1. The minimum absolute atomic E-state index is 0.0278. The number of hydrazine groups is 1. The van der Waals surface area contributed by atoms with Crippen molar-refractivity contribution in [2.45, 2.75) is 19.9 Å². The first-order valence-electron chi connectivity index (χ1n) is 3.43. The van der Waals surface area contributed by atoms with Crippen molar-refractivity contribution in [2.75, 3.05) is 20.4 Å². The summed E-state index contributed by atoms with van der Waals surface area (Å²) in [5.41, 5.74) is 0. The summed E-state index contributed by atoms with van der Waals surface area (Å²) < 4.78 is 23.5. The fraction of sp³-hybridized carbons (Fsp3) is 1.00. The topological polar surface area (TPSA) is 40.6 Å². The van der Waals surface area contributed by atoms with Gasteiger partial charge < -0.3 is 0 Å². The average molecular weight is 180 g/mol. The highest BCUT2D eigenvalue weighted by Crippen LogP contribution is 2.05. The van der Waals surface area contributed by atoms with Crippen LogP contribution >= 0.6 is 0 Å². The third kappa shape index (κ3) is 3.18. The Morgan fingerprint density at radius 1 is 1.18 bits per heavy atom. The van der Waals surface area contributed by atoms with Gasteiger partial charge >= 0.3 is 0 Å². The molecule has 0 saturated carbocycles. The molecule has 11 heavy (non-hydrogen) atoms. The van der Waals surface area contributed by atoms with Gasteiger partial charge in [-0.2, -0.15) is 0 Å². The number of nitrogens with zero attached hydrogens (tertiary/aromatic N) is 2. The third-order valence-electron chi connectivity index (χ3n) is 1.18. The van der Waals surface area contributed by atoms with Crippen molar-refractivity contribution in [3.63, 3.8) is 0 Å². The fourth-order valence-corrected chi connectivity index (χ4v) is 2.50. The Labute approximate surface area is 68.8 Å². The minimum atomic E-state index is -3.10. The first-order chi connectivity index (χ1) is 4.76. The summed E-state index contributed by atoms with van der Waals surface area (Å²) in [6.45, 7) is 3.67. The predicted molar refractivity (Wildman–Crippen MR) is 45.5 cm³/mol. The Kier molecular flexibility index (Phi) is 3.47. The van der Waals surface area contributed by atoms with Gasteiger partial charge in [-0.15, -0.1) is 4.41 Å². The Bertz CT molecular complexity index is 201. The van der Waals surface area contributed by atoms with Crippen molar-refractivity contribution in [3.8, 4) is 0 Å². The van der Waals surface area contributed by atoms with E-state index in [0.29, 0.717) is 0 Å². The predicted octanol–water partition coefficient (Wildman–Crippen LogP) is 0.133. The van der Waals surface area contributed by atoms with E-state index in [1.807, 2.05) is 13.8 Å². The zero-order valence-electron chi connectivity index (χ0n) is 7.70. The molecule has 0 fully saturated rings. The lowest BCUT2D eigenvalue weighted by Crippen LogP contribution is -2.45. The molecular weight excluding hydrogens is 164 g/mol. The standard InChI is InChI=1S/C6H16N2O2S/c1-6(2)8(7(3)4)11(5,9)10/h6H,1-5H3. The van der Waals surface area contributed by atoms with Gasteiger partial charge in [-0.05, 0) is 13.8 Å². The molecule has 0 aromatic heterocycles. The molecule has 4 nitrogen and oxygen atoms in total. The molecule has 0 aromatic carbocycles. The summed E-state index contributed by atoms with van der Waals surface area (Å²) in [5, 5.41) is 1.57. The summed E-state index contributed by atoms with van der Waals surface area (Å²) in [5.74, 6) is 0. The first kappa shape index (κ1) is 10.9. The van der Waals surface area contributed by atoms with E-state index in [-0.39, 0.29) is 6.04 Å². The van der Waals surface area contributed by atoms with Crippen LogP contribution in [0.5, 0.6) is 0 Å². The molecule has 0 aliphatic carbocycles. The Hall–Kier alpha value is -0.130. The smallest absolute Gasteiger partial charge is 0.224 e. The van der Waals surface area contributed by atoms with E-state index in [1.165, 1.54) is 10.7 Å². The summed E-state index contributed by atoms with van der Waals surface area (Å²) in [6, 6.07) is -0.0278. The van der Waals surface area contributed by atoms with Crippen LogP contribution in [0.1, 0.15) is 13.8 Å². The molecular formula is C6H16N2O2S. The molecule has 0 heterocycles. The van der Waals surface area contributed by atoms with Crippen LogP contribution in [0.15, 0.2) is 0 Å². The van der Waals surface area contributed by atoms with Gasteiger partial charge in [0.2, 0.25) is 10.0 Å². The maximum atomic E-state index is 11.1. The molecule has 5 heteroatoms. The second kappa shape index (κ2) is 3.51. The van der Waals surface area contributed by atoms with Gasteiger partial charge in [0.15, 0.2) is 0 Å². The van der Waals surface area contributed by atoms with Crippen molar-refractivity contribution in [2.24, 2.45) is 0 Å². The molecule has 0 unspecified atom stereocenters. The summed E-state index contributed by atoms with van der Waals surface area (Å²) >= 11 is 0. The van der Waals surface area contributed by atoms with Crippen LogP contribution in [0.3, 0.4) is 0 Å². The molecule has 0 radical (unpaired) electrons. The van der Waals surface area contributed by atoms with Gasteiger partial charge in [-0.1, -0.05) is 0 Å². The van der Waals surface area contributed by atoms with Gasteiger partial charge in [-0.25, -0.2) is 13.4 Å². The third-order valence-corrected chi connectivity index (χ3v) is 2.60. The van der Waals surface area contributed by atoms with Gasteiger partial charge in [0.1, 0.15) is 0 Å². The van der Waals surface area contributed by atoms with Gasteiger partial charge in [0.05, 0.1) is 6.26 Å². The maximum Gasteiger partial charge on any atom is 0.224 e. The summed E-state index contributed by atoms with van der Waals surface area (Å²) in [4.78, 5) is 0. The second-order valence-corrected chi connectivity index (χ2v) is 4.82. The molecule has 0 atom stereocenters. The molecule has 0 aliphatic heterocycles. The number of rotatable bonds is 3. The van der Waals surface area contributed by atoms with Gasteiger partial charge in [-0.3, -0.25) is 0 Å². The summed E-state index contributed by atoms with van der Waals surface area (Å²) in [6.07, 6.45) is 1.20. The molecule has 0 N–H and O–H groups in total. The monoisotopic (exact) mass is 180 g/mol. The van der Waals surface area contributed by atoms with Crippen molar-refractivity contribution >= 4 is 10.0 Å². The van der Waals surface area contributed by atoms with E-state index in [9.17, 15) is 8.42 Å². The lowest BCUT2D eigenvalue weighted by Gasteiger charge is -2.29. The Morgan fingerprint density at radius 2 is 1.55 bits per heavy atom. The lowest BCUT2D eigenvalue weighted by molar-refractivity contribution is 0.0954. The van der Waals surface area contributed by atoms with Crippen molar-refractivity contribution in [3.05, 3.63) is 0 Å². The molecule has 0 spiro atoms. The fourth-order valence-electron chi connectivity index (χ4n) is 1.14. The highest BCUT2D eigenvalue weighted by Gasteiger charge is 2.21. The normalized spacial score (nSPS) is 13.5. The van der Waals surface area contributed by atoms with E-state index >= 15 is 0 Å². The quantitative estimate of drug-likeness (QED) is 0.580. The lowest BCUT2D eigenvalue weighted by atomic mass is 10.4. The SMILES string of the molecule is CC(C)N(N(C)C)S(C)(=O)=O. The Morgan fingerprint density at radius 3 is 1.55 bits per heavy atom. The molecule has 0 saturated heterocycles. The zero-order valence-corrected chi connectivity index (χ0v) is 8.51. The molecule has 0 amide bonds. The van der Waals surface area contributed by atoms with E-state index in [1.54, 1.807) is 19.1 Å². The van der Waals surface area contributed by atoms with Crippen molar-refractivity contribution in [1.82, 2.24) is 9.42 Å². The number of hydrogen-bond acceptors (Lipinski definition) is 3. The number of hydrogen-bond donors (Lipinski definition) is 0. The van der Waals surface area contributed by atoms with Crippen LogP contribution < -0.4 is 0 Å². The van der Waals surface area contributed by atoms with Gasteiger partial charge in [0, 0.05) is 20.1 Å². The molecule has 0 rings (SSSR count). The first-order valence-corrected chi connectivity index (χ1v) is 5.28. The molecule has 0 bridgehead atoms. The zero-order chi connectivity index (χ0) is 9.23. The highest BCUT2D eigenvalue weighted by atomic mass is 32.2. The van der Waals surface area contributed by atoms with Crippen molar-refractivity contribution in [1.29, 1.82) is 0 Å². The van der Waals surface area contributed by atoms with Crippen molar-refractivity contribution < 1.29 is 8.42 Å². The summed E-state index contributed by atoms with van der Waals surface area (Å²) in [7, 11) is 0.315. The van der Waals surface area contributed by atoms with E-state index in [2.05, 4.69) is 0 Å². The highest BCUT2D eigenvalue weighted by molar-refractivity contribution is 7.88. The van der Waals surface area contributed by atoms with Crippen LogP contribution in [0, 0.1) is 0 Å².